The van der Waals surface area contributed by atoms with E-state index in [1.165, 1.54) is 18.4 Å². The van der Waals surface area contributed by atoms with Crippen molar-refractivity contribution >= 4 is 0 Å². The van der Waals surface area contributed by atoms with Gasteiger partial charge in [0.05, 0.1) is 0 Å². The second-order valence-electron chi connectivity index (χ2n) is 4.91. The van der Waals surface area contributed by atoms with Crippen molar-refractivity contribution in [2.45, 2.75) is 32.6 Å². The normalized spacial score (nSPS) is 10.8. The average molecular weight is 278 g/mol. The number of benzene rings is 2. The summed E-state index contributed by atoms with van der Waals surface area (Å²) < 4.78 is 39.3. The summed E-state index contributed by atoms with van der Waals surface area (Å²) in [5.41, 5.74) is 2.23. The summed E-state index contributed by atoms with van der Waals surface area (Å²) in [7, 11) is 0. The minimum atomic E-state index is -1.43. The zero-order valence-electron chi connectivity index (χ0n) is 11.4. The third kappa shape index (κ3) is 3.41. The van der Waals surface area contributed by atoms with Crippen molar-refractivity contribution in [3.8, 4) is 11.1 Å². The first-order valence-corrected chi connectivity index (χ1v) is 6.85. The molecule has 0 saturated heterocycles. The summed E-state index contributed by atoms with van der Waals surface area (Å²) in [5.74, 6) is -3.75. The number of unbranched alkanes of at least 4 members (excludes halogenated alkanes) is 2. The minimum Gasteiger partial charge on any atom is -0.204 e. The van der Waals surface area contributed by atoms with Crippen LogP contribution in [0, 0.1) is 17.5 Å². The van der Waals surface area contributed by atoms with E-state index in [4.69, 9.17) is 0 Å². The van der Waals surface area contributed by atoms with Crippen LogP contribution in [0.25, 0.3) is 11.1 Å². The molecule has 0 bridgehead atoms. The zero-order valence-corrected chi connectivity index (χ0v) is 11.4. The molecule has 2 rings (SSSR count). The SMILES string of the molecule is CCCCCc1ccc(-c2cc(F)c(F)c(F)c2)cc1. The molecule has 3 heteroatoms. The summed E-state index contributed by atoms with van der Waals surface area (Å²) in [6.07, 6.45) is 4.50. The Hall–Kier alpha value is -1.77. The predicted molar refractivity (Wildman–Crippen MR) is 75.0 cm³/mol. The number of hydrogen-bond acceptors (Lipinski definition) is 0. The average Bonchev–Trinajstić information content (AvgIpc) is 2.45. The summed E-state index contributed by atoms with van der Waals surface area (Å²) >= 11 is 0. The predicted octanol–water partition coefficient (Wildman–Crippen LogP) is 5.50. The van der Waals surface area contributed by atoms with Gasteiger partial charge >= 0.3 is 0 Å². The molecule has 0 radical (unpaired) electrons. The largest absolute Gasteiger partial charge is 0.204 e. The molecule has 0 aromatic heterocycles. The van der Waals surface area contributed by atoms with Gasteiger partial charge in [-0.05, 0) is 41.7 Å². The Morgan fingerprint density at radius 1 is 0.800 bits per heavy atom. The molecule has 0 N–H and O–H groups in total. The molecule has 0 aliphatic carbocycles. The quantitative estimate of drug-likeness (QED) is 0.500. The van der Waals surface area contributed by atoms with E-state index < -0.39 is 17.5 Å². The van der Waals surface area contributed by atoms with Crippen LogP contribution in [0.4, 0.5) is 13.2 Å². The van der Waals surface area contributed by atoms with Crippen LogP contribution in [0.2, 0.25) is 0 Å². The Bertz CT molecular complexity index is 550. The first-order valence-electron chi connectivity index (χ1n) is 6.85. The molecule has 0 atom stereocenters. The van der Waals surface area contributed by atoms with E-state index in [1.54, 1.807) is 0 Å². The van der Waals surface area contributed by atoms with Gasteiger partial charge in [-0.3, -0.25) is 0 Å². The Morgan fingerprint density at radius 2 is 1.40 bits per heavy atom. The van der Waals surface area contributed by atoms with E-state index in [9.17, 15) is 13.2 Å². The van der Waals surface area contributed by atoms with Gasteiger partial charge in [0, 0.05) is 0 Å². The molecule has 0 nitrogen and oxygen atoms in total. The van der Waals surface area contributed by atoms with Gasteiger partial charge in [0.25, 0.3) is 0 Å². The van der Waals surface area contributed by atoms with Crippen molar-refractivity contribution < 1.29 is 13.2 Å². The molecule has 2 aromatic rings. The summed E-state index contributed by atoms with van der Waals surface area (Å²) in [4.78, 5) is 0. The van der Waals surface area contributed by atoms with Crippen LogP contribution < -0.4 is 0 Å². The van der Waals surface area contributed by atoms with Crippen LogP contribution in [0.3, 0.4) is 0 Å². The minimum absolute atomic E-state index is 0.349. The van der Waals surface area contributed by atoms with Crippen molar-refractivity contribution in [1.29, 1.82) is 0 Å². The third-order valence-corrected chi connectivity index (χ3v) is 3.34. The maximum atomic E-state index is 13.2. The summed E-state index contributed by atoms with van der Waals surface area (Å²) in [5, 5.41) is 0. The van der Waals surface area contributed by atoms with E-state index >= 15 is 0 Å². The Kier molecular flexibility index (Phi) is 4.83. The van der Waals surface area contributed by atoms with E-state index in [0.29, 0.717) is 11.1 Å². The maximum absolute atomic E-state index is 13.2. The zero-order chi connectivity index (χ0) is 14.5. The van der Waals surface area contributed by atoms with Crippen LogP contribution in [0.1, 0.15) is 31.7 Å². The van der Waals surface area contributed by atoms with Crippen molar-refractivity contribution in [1.82, 2.24) is 0 Å². The van der Waals surface area contributed by atoms with Gasteiger partial charge in [0.1, 0.15) is 0 Å². The van der Waals surface area contributed by atoms with Gasteiger partial charge in [-0.1, -0.05) is 44.0 Å². The number of halogens is 3. The Morgan fingerprint density at radius 3 is 1.95 bits per heavy atom. The lowest BCUT2D eigenvalue weighted by Crippen LogP contribution is -1.92. The molecule has 0 unspecified atom stereocenters. The molecule has 0 aliphatic rings. The molecule has 0 saturated carbocycles. The summed E-state index contributed by atoms with van der Waals surface area (Å²) in [6.45, 7) is 2.15. The number of rotatable bonds is 5. The first-order chi connectivity index (χ1) is 9.61. The van der Waals surface area contributed by atoms with Crippen molar-refractivity contribution in [2.75, 3.05) is 0 Å². The molecule has 106 valence electrons. The second-order valence-corrected chi connectivity index (χ2v) is 4.91. The Balaban J connectivity index is 2.17. The molecule has 0 spiro atoms. The topological polar surface area (TPSA) is 0 Å². The van der Waals surface area contributed by atoms with Crippen LogP contribution in [-0.4, -0.2) is 0 Å². The first kappa shape index (κ1) is 14.6. The van der Waals surface area contributed by atoms with Crippen molar-refractivity contribution in [3.63, 3.8) is 0 Å². The molecule has 0 aliphatic heterocycles. The van der Waals surface area contributed by atoms with E-state index in [1.807, 2.05) is 24.3 Å². The standard InChI is InChI=1S/C17H17F3/c1-2-3-4-5-12-6-8-13(9-7-12)14-10-15(18)17(20)16(19)11-14/h6-11H,2-5H2,1H3. The maximum Gasteiger partial charge on any atom is 0.194 e. The highest BCUT2D eigenvalue weighted by atomic mass is 19.2. The smallest absolute Gasteiger partial charge is 0.194 e. The van der Waals surface area contributed by atoms with Gasteiger partial charge in [-0.2, -0.15) is 0 Å². The third-order valence-electron chi connectivity index (χ3n) is 3.34. The molecular weight excluding hydrogens is 261 g/mol. The lowest BCUT2D eigenvalue weighted by atomic mass is 10.0. The van der Waals surface area contributed by atoms with Gasteiger partial charge in [-0.15, -0.1) is 0 Å². The lowest BCUT2D eigenvalue weighted by Gasteiger charge is -2.06. The molecule has 20 heavy (non-hydrogen) atoms. The van der Waals surface area contributed by atoms with E-state index in [-0.39, 0.29) is 0 Å². The van der Waals surface area contributed by atoms with Crippen LogP contribution >= 0.6 is 0 Å². The van der Waals surface area contributed by atoms with Gasteiger partial charge in [-0.25, -0.2) is 13.2 Å². The van der Waals surface area contributed by atoms with Crippen LogP contribution in [0.15, 0.2) is 36.4 Å². The van der Waals surface area contributed by atoms with E-state index in [2.05, 4.69) is 6.92 Å². The fourth-order valence-corrected chi connectivity index (χ4v) is 2.17. The second kappa shape index (κ2) is 6.60. The molecule has 0 fully saturated rings. The summed E-state index contributed by atoms with van der Waals surface area (Å²) in [6, 6.07) is 9.56. The molecule has 0 amide bonds. The lowest BCUT2D eigenvalue weighted by molar-refractivity contribution is 0.448. The highest BCUT2D eigenvalue weighted by molar-refractivity contribution is 5.63. The van der Waals surface area contributed by atoms with Crippen LogP contribution in [-0.2, 0) is 6.42 Å². The highest BCUT2D eigenvalue weighted by Crippen LogP contribution is 2.24. The van der Waals surface area contributed by atoms with E-state index in [0.717, 1.165) is 25.0 Å². The molecule has 2 aromatic carbocycles. The van der Waals surface area contributed by atoms with Gasteiger partial charge in [0.15, 0.2) is 17.5 Å². The molecule has 0 heterocycles. The van der Waals surface area contributed by atoms with Gasteiger partial charge < -0.3 is 0 Å². The fraction of sp³-hybridized carbons (Fsp3) is 0.294. The van der Waals surface area contributed by atoms with Crippen molar-refractivity contribution in [2.24, 2.45) is 0 Å². The number of hydrogen-bond donors (Lipinski definition) is 0. The monoisotopic (exact) mass is 278 g/mol. The number of aryl methyl sites for hydroxylation is 1. The Labute approximate surface area is 117 Å². The van der Waals surface area contributed by atoms with Crippen molar-refractivity contribution in [3.05, 3.63) is 59.4 Å². The highest BCUT2D eigenvalue weighted by Gasteiger charge is 2.11. The molecular formula is C17H17F3. The van der Waals surface area contributed by atoms with Gasteiger partial charge in [0.2, 0.25) is 0 Å². The fourth-order valence-electron chi connectivity index (χ4n) is 2.17. The van der Waals surface area contributed by atoms with Crippen LogP contribution in [0.5, 0.6) is 0 Å².